The third-order valence-electron chi connectivity index (χ3n) is 9.17. The average molecular weight is 608 g/mol. The second-order valence-corrected chi connectivity index (χ2v) is 12.1. The summed E-state index contributed by atoms with van der Waals surface area (Å²) in [6, 6.07) is 8.12. The van der Waals surface area contributed by atoms with Crippen molar-refractivity contribution in [1.29, 1.82) is 0 Å². The van der Waals surface area contributed by atoms with Gasteiger partial charge in [0.15, 0.2) is 11.4 Å². The summed E-state index contributed by atoms with van der Waals surface area (Å²) in [5, 5.41) is 47.6. The lowest BCUT2D eigenvalue weighted by atomic mass is 9.58. The molecule has 0 saturated carbocycles. The van der Waals surface area contributed by atoms with Crippen molar-refractivity contribution in [2.45, 2.75) is 50.9 Å². The van der Waals surface area contributed by atoms with Gasteiger partial charge in [0.1, 0.15) is 22.8 Å². The number of hydrogen-bond acceptors (Lipinski definition) is 9. The van der Waals surface area contributed by atoms with Crippen LogP contribution < -0.4 is 11.1 Å². The number of aliphatic hydroxyl groups is 3. The molecule has 224 valence electrons. The number of phenols is 1. The Hall–Kier alpha value is -4.19. The highest BCUT2D eigenvalue weighted by Crippen LogP contribution is 2.52. The Morgan fingerprint density at radius 1 is 1.16 bits per heavy atom. The normalized spacial score (nSPS) is 26.8. The van der Waals surface area contributed by atoms with Gasteiger partial charge in [-0.05, 0) is 53.5 Å². The van der Waals surface area contributed by atoms with E-state index >= 15 is 0 Å². The number of ketones is 2. The van der Waals surface area contributed by atoms with Crippen molar-refractivity contribution in [3.63, 3.8) is 0 Å². The van der Waals surface area contributed by atoms with E-state index in [0.717, 1.165) is 19.9 Å². The lowest BCUT2D eigenvalue weighted by Crippen LogP contribution is -2.64. The van der Waals surface area contributed by atoms with Crippen molar-refractivity contribution < 1.29 is 39.6 Å². The van der Waals surface area contributed by atoms with Crippen molar-refractivity contribution in [1.82, 2.24) is 10.2 Å². The van der Waals surface area contributed by atoms with E-state index in [9.17, 15) is 39.6 Å². The molecule has 4 atom stereocenters. The van der Waals surface area contributed by atoms with Gasteiger partial charge in [0, 0.05) is 43.1 Å². The number of aromatic hydroxyl groups is 1. The van der Waals surface area contributed by atoms with E-state index in [-0.39, 0.29) is 34.8 Å². The standard InChI is InChI=1S/C31H30ClN3O8/c1-13(36)34-25-19-9-16-8-18-22(26(38)21(16)28(40)31(19,43)29(41)23(27(25)39)30(33)42)20(37)10-17(24(18)32)12-35-7-6-14-4-2-3-5-15(14)11-35/h2-5,10,16,19,25,37,39-40,43H,6-9,11-12H2,1H3,(H2,33,42)(H,34,36)/t16-,19-,25-,31-/m0/s1. The molecule has 0 radical (unpaired) electrons. The molecular formula is C31H30ClN3O8. The van der Waals surface area contributed by atoms with E-state index in [1.165, 1.54) is 17.2 Å². The van der Waals surface area contributed by atoms with E-state index < -0.39 is 64.0 Å². The summed E-state index contributed by atoms with van der Waals surface area (Å²) >= 11 is 6.89. The lowest BCUT2D eigenvalue weighted by molar-refractivity contribution is -0.147. The molecule has 0 aromatic heterocycles. The molecule has 0 spiro atoms. The lowest BCUT2D eigenvalue weighted by Gasteiger charge is -2.48. The minimum absolute atomic E-state index is 0.0598. The average Bonchev–Trinajstić information content (AvgIpc) is 2.95. The summed E-state index contributed by atoms with van der Waals surface area (Å²) in [6.45, 7) is 3.02. The molecule has 3 aliphatic carbocycles. The Balaban J connectivity index is 1.40. The number of hydrogen-bond donors (Lipinski definition) is 6. The number of amides is 2. The Kier molecular flexibility index (Phi) is 6.87. The molecule has 0 bridgehead atoms. The minimum Gasteiger partial charge on any atom is -0.509 e. The van der Waals surface area contributed by atoms with Crippen LogP contribution in [0.2, 0.25) is 5.02 Å². The van der Waals surface area contributed by atoms with Gasteiger partial charge in [0.05, 0.1) is 11.6 Å². The third kappa shape index (κ3) is 4.33. The number of benzene rings is 2. The van der Waals surface area contributed by atoms with E-state index in [0.29, 0.717) is 24.2 Å². The Morgan fingerprint density at radius 2 is 1.86 bits per heavy atom. The number of allylic oxidation sites excluding steroid dienone is 1. The quantitative estimate of drug-likeness (QED) is 0.282. The number of fused-ring (bicyclic) bond motifs is 4. The number of nitrogens with two attached hydrogens (primary N) is 1. The van der Waals surface area contributed by atoms with Crippen LogP contribution in [0.3, 0.4) is 0 Å². The summed E-state index contributed by atoms with van der Waals surface area (Å²) in [7, 11) is 0. The first-order valence-corrected chi connectivity index (χ1v) is 14.3. The molecule has 12 heteroatoms. The number of phenolic OH excluding ortho intramolecular Hbond substituents is 1. The molecule has 2 amide bonds. The number of rotatable bonds is 4. The zero-order valence-electron chi connectivity index (χ0n) is 23.2. The van der Waals surface area contributed by atoms with Crippen LogP contribution in [0.1, 0.15) is 46.0 Å². The smallest absolute Gasteiger partial charge is 0.255 e. The molecule has 7 N–H and O–H groups in total. The number of aliphatic hydroxyl groups excluding tert-OH is 2. The first kappa shape index (κ1) is 28.9. The SMILES string of the molecule is CC(=O)N[C@@H]1C(O)=C(C(N)=O)C(=O)[C@@]2(O)C(O)=C3C(=O)c4c(O)cc(CN5CCc6ccccc6C5)c(Cl)c4C[C@H]3C[C@@H]12. The van der Waals surface area contributed by atoms with Crippen molar-refractivity contribution in [2.24, 2.45) is 17.6 Å². The molecule has 0 saturated heterocycles. The summed E-state index contributed by atoms with van der Waals surface area (Å²) < 4.78 is 0. The zero-order valence-corrected chi connectivity index (χ0v) is 23.9. The highest BCUT2D eigenvalue weighted by molar-refractivity contribution is 6.33. The van der Waals surface area contributed by atoms with E-state index in [1.54, 1.807) is 0 Å². The molecule has 11 nitrogen and oxygen atoms in total. The summed E-state index contributed by atoms with van der Waals surface area (Å²) in [5.74, 6) is -8.57. The maximum Gasteiger partial charge on any atom is 0.255 e. The van der Waals surface area contributed by atoms with Crippen LogP contribution in [0, 0.1) is 11.8 Å². The first-order chi connectivity index (χ1) is 20.3. The third-order valence-corrected chi connectivity index (χ3v) is 9.64. The number of nitrogens with one attached hydrogen (secondary N) is 1. The van der Waals surface area contributed by atoms with E-state index in [4.69, 9.17) is 17.3 Å². The van der Waals surface area contributed by atoms with Crippen molar-refractivity contribution in [3.05, 3.63) is 85.8 Å². The summed E-state index contributed by atoms with van der Waals surface area (Å²) in [6.07, 6.45) is 0.762. The second kappa shape index (κ2) is 10.2. The molecule has 1 aliphatic heterocycles. The number of halogens is 1. The van der Waals surface area contributed by atoms with Crippen LogP contribution >= 0.6 is 11.6 Å². The van der Waals surface area contributed by atoms with Crippen LogP contribution in [-0.2, 0) is 40.3 Å². The monoisotopic (exact) mass is 607 g/mol. The predicted molar refractivity (Wildman–Crippen MR) is 153 cm³/mol. The van der Waals surface area contributed by atoms with E-state index in [2.05, 4.69) is 22.3 Å². The van der Waals surface area contributed by atoms with Crippen molar-refractivity contribution in [3.8, 4) is 5.75 Å². The highest BCUT2D eigenvalue weighted by Gasteiger charge is 2.63. The molecule has 1 heterocycles. The molecular weight excluding hydrogens is 578 g/mol. The van der Waals surface area contributed by atoms with Gasteiger partial charge < -0.3 is 31.5 Å². The fourth-order valence-corrected chi connectivity index (χ4v) is 7.50. The molecule has 0 fully saturated rings. The number of nitrogens with zero attached hydrogens (tertiary/aromatic N) is 1. The van der Waals surface area contributed by atoms with Crippen molar-refractivity contribution in [2.75, 3.05) is 6.54 Å². The fourth-order valence-electron chi connectivity index (χ4n) is 7.21. The highest BCUT2D eigenvalue weighted by atomic mass is 35.5. The molecule has 0 unspecified atom stereocenters. The molecule has 2 aromatic rings. The van der Waals surface area contributed by atoms with Crippen LogP contribution in [-0.4, -0.2) is 66.9 Å². The minimum atomic E-state index is -2.84. The van der Waals surface area contributed by atoms with Crippen molar-refractivity contribution >= 4 is 35.0 Å². The number of carbonyl (C=O) groups excluding carboxylic acids is 4. The Labute approximate surface area is 251 Å². The van der Waals surface area contributed by atoms with Gasteiger partial charge in [0.2, 0.25) is 11.7 Å². The maximum atomic E-state index is 13.8. The van der Waals surface area contributed by atoms with Crippen LogP contribution in [0.15, 0.2) is 53.0 Å². The van der Waals surface area contributed by atoms with Gasteiger partial charge in [-0.1, -0.05) is 35.9 Å². The van der Waals surface area contributed by atoms with Crippen LogP contribution in [0.25, 0.3) is 0 Å². The fraction of sp³-hybridized carbons (Fsp3) is 0.355. The molecule has 6 rings (SSSR count). The van der Waals surface area contributed by atoms with Gasteiger partial charge in [0.25, 0.3) is 5.91 Å². The van der Waals surface area contributed by atoms with E-state index in [1.807, 2.05) is 12.1 Å². The molecule has 4 aliphatic rings. The summed E-state index contributed by atoms with van der Waals surface area (Å²) in [4.78, 5) is 53.5. The second-order valence-electron chi connectivity index (χ2n) is 11.7. The van der Waals surface area contributed by atoms with Gasteiger partial charge in [-0.25, -0.2) is 0 Å². The zero-order chi connectivity index (χ0) is 31.0. The van der Waals surface area contributed by atoms with Gasteiger partial charge in [-0.3, -0.25) is 24.1 Å². The largest absolute Gasteiger partial charge is 0.509 e. The summed E-state index contributed by atoms with van der Waals surface area (Å²) in [5.41, 5.74) is 4.50. The molecule has 43 heavy (non-hydrogen) atoms. The van der Waals surface area contributed by atoms with Crippen LogP contribution in [0.4, 0.5) is 0 Å². The van der Waals surface area contributed by atoms with Gasteiger partial charge in [-0.2, -0.15) is 0 Å². The first-order valence-electron chi connectivity index (χ1n) is 13.9. The van der Waals surface area contributed by atoms with Gasteiger partial charge >= 0.3 is 0 Å². The number of carbonyl (C=O) groups is 4. The number of primary amides is 1. The molecule has 2 aromatic carbocycles. The Bertz CT molecular complexity index is 1700. The topological polar surface area (TPSA) is 190 Å². The Morgan fingerprint density at radius 3 is 2.53 bits per heavy atom. The van der Waals surface area contributed by atoms with Gasteiger partial charge in [-0.15, -0.1) is 0 Å². The van der Waals surface area contributed by atoms with Crippen LogP contribution in [0.5, 0.6) is 5.75 Å². The maximum absolute atomic E-state index is 13.8. The predicted octanol–water partition coefficient (Wildman–Crippen LogP) is 1.91. The number of Topliss-reactive ketones (excluding diaryl/α,β-unsaturated/α-hetero) is 2.